The molecule has 0 bridgehead atoms. The highest BCUT2D eigenvalue weighted by atomic mass is 32.1. The van der Waals surface area contributed by atoms with Gasteiger partial charge in [0, 0.05) is 19.1 Å². The summed E-state index contributed by atoms with van der Waals surface area (Å²) in [4.78, 5) is 17.9. The van der Waals surface area contributed by atoms with Crippen molar-refractivity contribution >= 4 is 27.5 Å². The van der Waals surface area contributed by atoms with E-state index < -0.39 is 0 Å². The number of fused-ring (bicyclic) bond motifs is 1. The number of aromatic nitrogens is 1. The molecule has 2 rings (SSSR count). The van der Waals surface area contributed by atoms with E-state index in [0.717, 1.165) is 47.2 Å². The van der Waals surface area contributed by atoms with E-state index in [2.05, 4.69) is 35.5 Å². The van der Waals surface area contributed by atoms with E-state index in [1.807, 2.05) is 19.1 Å². The maximum Gasteiger partial charge on any atom is 0.251 e. The van der Waals surface area contributed by atoms with Crippen LogP contribution in [0.25, 0.3) is 10.2 Å². The Morgan fingerprint density at radius 2 is 1.92 bits per heavy atom. The third-order valence-electron chi connectivity index (χ3n) is 4.08. The maximum atomic E-state index is 12.6. The van der Waals surface area contributed by atoms with E-state index in [0.29, 0.717) is 13.2 Å². The molecule has 1 amide bonds. The van der Waals surface area contributed by atoms with Crippen LogP contribution in [-0.2, 0) is 16.1 Å². The van der Waals surface area contributed by atoms with Gasteiger partial charge in [0.1, 0.15) is 0 Å². The summed E-state index contributed by atoms with van der Waals surface area (Å²) < 4.78 is 8.77. The minimum atomic E-state index is 0.0235. The van der Waals surface area contributed by atoms with Gasteiger partial charge < -0.3 is 9.30 Å². The molecule has 0 atom stereocenters. The molecule has 0 unspecified atom stereocenters. The molecule has 5 heteroatoms. The molecule has 0 aliphatic carbocycles. The van der Waals surface area contributed by atoms with Crippen molar-refractivity contribution in [3.05, 3.63) is 29.1 Å². The van der Waals surface area contributed by atoms with Gasteiger partial charge in [-0.2, -0.15) is 4.99 Å². The lowest BCUT2D eigenvalue weighted by molar-refractivity contribution is -0.122. The normalized spacial score (nSPS) is 12.4. The Morgan fingerprint density at radius 3 is 2.58 bits per heavy atom. The number of carbonyl (C=O) groups excluding carboxylic acids is 1. The van der Waals surface area contributed by atoms with E-state index in [9.17, 15) is 4.79 Å². The fourth-order valence-corrected chi connectivity index (χ4v) is 3.96. The van der Waals surface area contributed by atoms with Crippen LogP contribution >= 0.6 is 11.3 Å². The Hall–Kier alpha value is -1.46. The molecule has 132 valence electrons. The monoisotopic (exact) mass is 348 g/mol. The Balaban J connectivity index is 2.37. The molecular formula is C19H28N2O2S. The van der Waals surface area contributed by atoms with Crippen LogP contribution in [-0.4, -0.2) is 23.7 Å². The quantitative estimate of drug-likeness (QED) is 0.631. The lowest BCUT2D eigenvalue weighted by Crippen LogP contribution is -2.22. The molecule has 1 aromatic heterocycles. The van der Waals surface area contributed by atoms with E-state index in [1.165, 1.54) is 0 Å². The second-order valence-electron chi connectivity index (χ2n) is 5.93. The number of hydrogen-bond acceptors (Lipinski definition) is 3. The number of para-hydroxylation sites is 1. The Labute approximate surface area is 148 Å². The van der Waals surface area contributed by atoms with Crippen molar-refractivity contribution in [2.45, 2.75) is 53.0 Å². The van der Waals surface area contributed by atoms with Crippen molar-refractivity contribution in [1.82, 2.24) is 4.57 Å². The lowest BCUT2D eigenvalue weighted by atomic mass is 9.98. The Morgan fingerprint density at radius 1 is 1.21 bits per heavy atom. The van der Waals surface area contributed by atoms with Gasteiger partial charge in [-0.1, -0.05) is 50.2 Å². The van der Waals surface area contributed by atoms with Crippen LogP contribution in [0.4, 0.5) is 0 Å². The molecule has 2 aromatic rings. The fraction of sp³-hybridized carbons (Fsp3) is 0.579. The molecule has 0 radical (unpaired) electrons. The van der Waals surface area contributed by atoms with Crippen LogP contribution in [0.3, 0.4) is 0 Å². The first-order valence-corrected chi connectivity index (χ1v) is 9.77. The van der Waals surface area contributed by atoms with Gasteiger partial charge in [0.15, 0.2) is 4.80 Å². The molecule has 24 heavy (non-hydrogen) atoms. The van der Waals surface area contributed by atoms with E-state index in [-0.39, 0.29) is 11.8 Å². The average molecular weight is 349 g/mol. The number of nitrogens with zero attached hydrogens (tertiary/aromatic N) is 2. The summed E-state index contributed by atoms with van der Waals surface area (Å²) in [5.74, 6) is 0.0703. The van der Waals surface area contributed by atoms with Gasteiger partial charge in [-0.05, 0) is 31.9 Å². The summed E-state index contributed by atoms with van der Waals surface area (Å²) >= 11 is 1.58. The SMILES string of the molecule is CCCC(CCC)C(=O)N=c1sc2ccccc2n1CCOCC. The van der Waals surface area contributed by atoms with E-state index in [1.54, 1.807) is 11.3 Å². The zero-order valence-electron chi connectivity index (χ0n) is 15.0. The molecular weight excluding hydrogens is 320 g/mol. The van der Waals surface area contributed by atoms with Crippen molar-refractivity contribution in [3.63, 3.8) is 0 Å². The Kier molecular flexibility index (Phi) is 7.66. The zero-order chi connectivity index (χ0) is 17.4. The van der Waals surface area contributed by atoms with Crippen LogP contribution in [0, 0.1) is 5.92 Å². The third-order valence-corrected chi connectivity index (χ3v) is 5.14. The number of benzene rings is 1. The van der Waals surface area contributed by atoms with Crippen LogP contribution in [0.5, 0.6) is 0 Å². The highest BCUT2D eigenvalue weighted by Crippen LogP contribution is 2.18. The molecule has 1 aromatic carbocycles. The van der Waals surface area contributed by atoms with Gasteiger partial charge in [0.25, 0.3) is 5.91 Å². The third kappa shape index (κ3) is 4.77. The molecule has 4 nitrogen and oxygen atoms in total. The van der Waals surface area contributed by atoms with E-state index in [4.69, 9.17) is 4.74 Å². The van der Waals surface area contributed by atoms with Gasteiger partial charge in [0.2, 0.25) is 0 Å². The first kappa shape index (κ1) is 18.9. The fourth-order valence-electron chi connectivity index (χ4n) is 2.90. The second kappa shape index (κ2) is 9.74. The molecule has 0 aliphatic rings. The van der Waals surface area contributed by atoms with Gasteiger partial charge in [-0.3, -0.25) is 4.79 Å². The van der Waals surface area contributed by atoms with Crippen molar-refractivity contribution < 1.29 is 9.53 Å². The van der Waals surface area contributed by atoms with Gasteiger partial charge in [0.05, 0.1) is 16.8 Å². The van der Waals surface area contributed by atoms with Crippen molar-refractivity contribution in [2.24, 2.45) is 10.9 Å². The number of amides is 1. The van der Waals surface area contributed by atoms with Crippen LogP contribution in [0.1, 0.15) is 46.5 Å². The largest absolute Gasteiger partial charge is 0.380 e. The van der Waals surface area contributed by atoms with Crippen LogP contribution < -0.4 is 4.80 Å². The molecule has 0 spiro atoms. The number of carbonyl (C=O) groups is 1. The van der Waals surface area contributed by atoms with Crippen molar-refractivity contribution in [3.8, 4) is 0 Å². The van der Waals surface area contributed by atoms with E-state index >= 15 is 0 Å². The summed E-state index contributed by atoms with van der Waals surface area (Å²) in [7, 11) is 0. The first-order chi connectivity index (χ1) is 11.7. The summed E-state index contributed by atoms with van der Waals surface area (Å²) in [6.45, 7) is 8.28. The summed E-state index contributed by atoms with van der Waals surface area (Å²) in [6, 6.07) is 8.20. The minimum Gasteiger partial charge on any atom is -0.380 e. The van der Waals surface area contributed by atoms with Crippen LogP contribution in [0.15, 0.2) is 29.3 Å². The Bertz CT molecular complexity index is 711. The highest BCUT2D eigenvalue weighted by Gasteiger charge is 2.16. The predicted molar refractivity (Wildman–Crippen MR) is 100 cm³/mol. The number of rotatable bonds is 9. The topological polar surface area (TPSA) is 43.6 Å². The highest BCUT2D eigenvalue weighted by molar-refractivity contribution is 7.16. The first-order valence-electron chi connectivity index (χ1n) is 8.95. The van der Waals surface area contributed by atoms with Crippen molar-refractivity contribution in [2.75, 3.05) is 13.2 Å². The number of thiazole rings is 1. The number of ether oxygens (including phenoxy) is 1. The van der Waals surface area contributed by atoms with Crippen LogP contribution in [0.2, 0.25) is 0 Å². The molecule has 0 saturated heterocycles. The summed E-state index contributed by atoms with van der Waals surface area (Å²) in [5, 5.41) is 0. The number of hydrogen-bond donors (Lipinski definition) is 0. The molecule has 0 saturated carbocycles. The molecule has 0 aliphatic heterocycles. The second-order valence-corrected chi connectivity index (χ2v) is 6.93. The van der Waals surface area contributed by atoms with Gasteiger partial charge in [-0.25, -0.2) is 0 Å². The maximum absolute atomic E-state index is 12.6. The standard InChI is InChI=1S/C19H28N2O2S/c1-4-9-15(10-5-2)18(22)20-19-21(13-14-23-6-3)16-11-7-8-12-17(16)24-19/h7-8,11-12,15H,4-6,9-10,13-14H2,1-3H3. The summed E-state index contributed by atoms with van der Waals surface area (Å²) in [5.41, 5.74) is 1.12. The van der Waals surface area contributed by atoms with Gasteiger partial charge in [-0.15, -0.1) is 0 Å². The zero-order valence-corrected chi connectivity index (χ0v) is 15.8. The van der Waals surface area contributed by atoms with Gasteiger partial charge >= 0.3 is 0 Å². The predicted octanol–water partition coefficient (Wildman–Crippen LogP) is 4.38. The molecule has 0 fully saturated rings. The molecule has 0 N–H and O–H groups in total. The summed E-state index contributed by atoms with van der Waals surface area (Å²) in [6.07, 6.45) is 3.87. The molecule has 1 heterocycles. The lowest BCUT2D eigenvalue weighted by Gasteiger charge is -2.10. The average Bonchev–Trinajstić information content (AvgIpc) is 2.92. The van der Waals surface area contributed by atoms with Crippen molar-refractivity contribution in [1.29, 1.82) is 0 Å². The minimum absolute atomic E-state index is 0.0235. The smallest absolute Gasteiger partial charge is 0.251 e.